The van der Waals surface area contributed by atoms with Crippen LogP contribution in [0.1, 0.15) is 5.56 Å². The van der Waals surface area contributed by atoms with Crippen molar-refractivity contribution in [2.45, 2.75) is 19.4 Å². The van der Waals surface area contributed by atoms with Gasteiger partial charge in [0.1, 0.15) is 0 Å². The van der Waals surface area contributed by atoms with E-state index in [0.717, 1.165) is 5.56 Å². The van der Waals surface area contributed by atoms with E-state index in [0.29, 0.717) is 6.61 Å². The fourth-order valence-corrected chi connectivity index (χ4v) is 1.29. The minimum atomic E-state index is -0.786. The zero-order chi connectivity index (χ0) is 11.2. The van der Waals surface area contributed by atoms with Crippen LogP contribution in [-0.2, 0) is 25.6 Å². The Morgan fingerprint density at radius 1 is 1.25 bits per heavy atom. The lowest BCUT2D eigenvalue weighted by molar-refractivity contribution is -0.420. The first-order valence-corrected chi connectivity index (χ1v) is 5.03. The largest absolute Gasteiger partial charge is 0.391 e. The van der Waals surface area contributed by atoms with Crippen LogP contribution in [0.4, 0.5) is 0 Å². The lowest BCUT2D eigenvalue weighted by Crippen LogP contribution is -2.37. The molecule has 0 spiro atoms. The first-order valence-electron chi connectivity index (χ1n) is 5.03. The van der Waals surface area contributed by atoms with E-state index < -0.39 is 12.8 Å². The van der Waals surface area contributed by atoms with Crippen molar-refractivity contribution >= 4 is 0 Å². The Bertz CT molecular complexity index is 303. The molecule has 1 aliphatic rings. The summed E-state index contributed by atoms with van der Waals surface area (Å²) in [7, 11) is 0. The molecule has 16 heavy (non-hydrogen) atoms. The molecule has 1 aromatic carbocycles. The van der Waals surface area contributed by atoms with E-state index in [1.807, 2.05) is 30.3 Å². The molecule has 5 nitrogen and oxygen atoms in total. The Morgan fingerprint density at radius 3 is 2.81 bits per heavy atom. The van der Waals surface area contributed by atoms with E-state index in [-0.39, 0.29) is 13.4 Å². The van der Waals surface area contributed by atoms with Crippen LogP contribution in [0.15, 0.2) is 30.3 Å². The average Bonchev–Trinajstić information content (AvgIpc) is 2.38. The molecule has 88 valence electrons. The van der Waals surface area contributed by atoms with Gasteiger partial charge in [-0.15, -0.1) is 0 Å². The average molecular weight is 226 g/mol. The highest BCUT2D eigenvalue weighted by molar-refractivity contribution is 5.13. The summed E-state index contributed by atoms with van der Waals surface area (Å²) in [5.41, 5.74) is 1.03. The summed E-state index contributed by atoms with van der Waals surface area (Å²) in [6.07, 6.45) is -0.672. The Morgan fingerprint density at radius 2 is 2.06 bits per heavy atom. The molecule has 0 radical (unpaired) electrons. The van der Waals surface area contributed by atoms with Crippen molar-refractivity contribution in [3.05, 3.63) is 35.9 Å². The molecule has 0 bridgehead atoms. The van der Waals surface area contributed by atoms with Gasteiger partial charge in [-0.3, -0.25) is 4.74 Å². The Balaban J connectivity index is 1.77. The third-order valence-corrected chi connectivity index (χ3v) is 2.10. The van der Waals surface area contributed by atoms with E-state index in [1.165, 1.54) is 0 Å². The Kier molecular flexibility index (Phi) is 4.26. The van der Waals surface area contributed by atoms with Crippen molar-refractivity contribution in [2.75, 3.05) is 13.4 Å². The van der Waals surface area contributed by atoms with Gasteiger partial charge in [0.2, 0.25) is 0 Å². The second-order valence-corrected chi connectivity index (χ2v) is 3.28. The molecule has 0 saturated carbocycles. The molecule has 5 heteroatoms. The molecule has 0 aromatic heterocycles. The zero-order valence-electron chi connectivity index (χ0n) is 8.74. The summed E-state index contributed by atoms with van der Waals surface area (Å²) >= 11 is 0. The quantitative estimate of drug-likeness (QED) is 0.824. The maximum Gasteiger partial charge on any atom is 0.276 e. The number of benzene rings is 1. The third kappa shape index (κ3) is 3.26. The van der Waals surface area contributed by atoms with Crippen LogP contribution >= 0.6 is 0 Å². The van der Waals surface area contributed by atoms with Gasteiger partial charge in [0.05, 0.1) is 13.2 Å². The van der Waals surface area contributed by atoms with Crippen LogP contribution in [0, 0.1) is 0 Å². The van der Waals surface area contributed by atoms with E-state index in [1.54, 1.807) is 0 Å². The molecular formula is C11H14O5. The van der Waals surface area contributed by atoms with Gasteiger partial charge >= 0.3 is 0 Å². The van der Waals surface area contributed by atoms with E-state index >= 15 is 0 Å². The van der Waals surface area contributed by atoms with Gasteiger partial charge < -0.3 is 19.3 Å². The van der Waals surface area contributed by atoms with Gasteiger partial charge in [0.15, 0.2) is 13.1 Å². The molecule has 2 atom stereocenters. The summed E-state index contributed by atoms with van der Waals surface area (Å²) in [4.78, 5) is 0. The number of rotatable bonds is 4. The third-order valence-electron chi connectivity index (χ3n) is 2.10. The summed E-state index contributed by atoms with van der Waals surface area (Å²) < 4.78 is 20.5. The number of aliphatic hydroxyl groups excluding tert-OH is 1. The lowest BCUT2D eigenvalue weighted by Gasteiger charge is -2.28. The van der Waals surface area contributed by atoms with Crippen LogP contribution in [0.3, 0.4) is 0 Å². The molecule has 2 rings (SSSR count). The van der Waals surface area contributed by atoms with Crippen LogP contribution < -0.4 is 0 Å². The molecule has 1 N–H and O–H groups in total. The first-order chi connectivity index (χ1) is 7.88. The topological polar surface area (TPSA) is 57.2 Å². The van der Waals surface area contributed by atoms with Gasteiger partial charge in [0, 0.05) is 0 Å². The van der Waals surface area contributed by atoms with Crippen LogP contribution in [-0.4, -0.2) is 31.3 Å². The second-order valence-electron chi connectivity index (χ2n) is 3.28. The zero-order valence-corrected chi connectivity index (χ0v) is 8.74. The Labute approximate surface area is 93.5 Å². The van der Waals surface area contributed by atoms with Crippen molar-refractivity contribution in [3.63, 3.8) is 0 Å². The smallest absolute Gasteiger partial charge is 0.276 e. The highest BCUT2D eigenvalue weighted by Gasteiger charge is 2.23. The Hall–Kier alpha value is -0.980. The van der Waals surface area contributed by atoms with E-state index in [2.05, 4.69) is 0 Å². The number of aliphatic hydroxyl groups is 1. The molecular weight excluding hydrogens is 212 g/mol. The highest BCUT2D eigenvalue weighted by atomic mass is 16.9. The molecule has 2 unspecified atom stereocenters. The van der Waals surface area contributed by atoms with Crippen molar-refractivity contribution in [3.8, 4) is 0 Å². The standard InChI is InChI=1S/C11H14O5/c12-6-10-14-8-15-11(16-10)13-7-9-4-2-1-3-5-9/h1-5,10-12H,6-8H2. The number of ether oxygens (including phenoxy) is 4. The molecule has 1 aliphatic heterocycles. The SMILES string of the molecule is OCC1OCOC(OCc2ccccc2)O1. The highest BCUT2D eigenvalue weighted by Crippen LogP contribution is 2.12. The first kappa shape index (κ1) is 11.5. The molecule has 0 amide bonds. The van der Waals surface area contributed by atoms with Crippen molar-refractivity contribution in [1.82, 2.24) is 0 Å². The molecule has 0 aliphatic carbocycles. The molecule has 1 saturated heterocycles. The van der Waals surface area contributed by atoms with Crippen LogP contribution in [0.2, 0.25) is 0 Å². The maximum absolute atomic E-state index is 8.83. The van der Waals surface area contributed by atoms with Crippen molar-refractivity contribution in [1.29, 1.82) is 0 Å². The van der Waals surface area contributed by atoms with E-state index in [4.69, 9.17) is 24.1 Å². The van der Waals surface area contributed by atoms with Gasteiger partial charge in [-0.2, -0.15) is 0 Å². The normalized spacial score (nSPS) is 25.6. The predicted molar refractivity (Wildman–Crippen MR) is 54.0 cm³/mol. The molecule has 1 aromatic rings. The summed E-state index contributed by atoms with van der Waals surface area (Å²) in [6.45, 7) is -0.547. The second kappa shape index (κ2) is 5.93. The van der Waals surface area contributed by atoms with Gasteiger partial charge in [-0.25, -0.2) is 0 Å². The number of hydrogen-bond donors (Lipinski definition) is 1. The molecule has 1 heterocycles. The molecule has 1 fully saturated rings. The minimum absolute atomic E-state index is 0.0602. The van der Waals surface area contributed by atoms with Gasteiger partial charge in [0.25, 0.3) is 6.48 Å². The van der Waals surface area contributed by atoms with Crippen LogP contribution in [0.5, 0.6) is 0 Å². The van der Waals surface area contributed by atoms with Crippen molar-refractivity contribution < 1.29 is 24.1 Å². The predicted octanol–water partition coefficient (Wildman–Crippen LogP) is 0.826. The van der Waals surface area contributed by atoms with Crippen LogP contribution in [0.25, 0.3) is 0 Å². The minimum Gasteiger partial charge on any atom is -0.391 e. The van der Waals surface area contributed by atoms with E-state index in [9.17, 15) is 0 Å². The summed E-state index contributed by atoms with van der Waals surface area (Å²) in [6, 6.07) is 9.69. The summed E-state index contributed by atoms with van der Waals surface area (Å²) in [5.74, 6) is 0. The van der Waals surface area contributed by atoms with Crippen molar-refractivity contribution in [2.24, 2.45) is 0 Å². The summed E-state index contributed by atoms with van der Waals surface area (Å²) in [5, 5.41) is 8.83. The monoisotopic (exact) mass is 226 g/mol. The van der Waals surface area contributed by atoms with Gasteiger partial charge in [-0.1, -0.05) is 30.3 Å². The fraction of sp³-hybridized carbons (Fsp3) is 0.455. The number of hydrogen-bond acceptors (Lipinski definition) is 5. The lowest BCUT2D eigenvalue weighted by atomic mass is 10.2. The van der Waals surface area contributed by atoms with Gasteiger partial charge in [-0.05, 0) is 5.56 Å². The maximum atomic E-state index is 8.83. The fourth-order valence-electron chi connectivity index (χ4n) is 1.29.